The molecule has 1 aliphatic carbocycles. The smallest absolute Gasteiger partial charge is 0.223 e. The molecule has 6 heteroatoms. The van der Waals surface area contributed by atoms with E-state index in [1.54, 1.807) is 6.07 Å². The Hall–Kier alpha value is -2.04. The Balaban J connectivity index is 1.67. The van der Waals surface area contributed by atoms with E-state index in [-0.39, 0.29) is 11.8 Å². The monoisotopic (exact) mass is 373 g/mol. The van der Waals surface area contributed by atoms with Crippen molar-refractivity contribution < 1.29 is 4.79 Å². The number of amides is 1. The van der Waals surface area contributed by atoms with Crippen LogP contribution in [0.25, 0.3) is 11.0 Å². The summed E-state index contributed by atoms with van der Waals surface area (Å²) >= 11 is 12.3. The van der Waals surface area contributed by atoms with Gasteiger partial charge in [-0.05, 0) is 42.7 Å². The summed E-state index contributed by atoms with van der Waals surface area (Å²) in [5, 5.41) is 4.23. The predicted octanol–water partition coefficient (Wildman–Crippen LogP) is 4.42. The van der Waals surface area contributed by atoms with Gasteiger partial charge in [0.25, 0.3) is 0 Å². The Kier molecular flexibility index (Phi) is 4.40. The number of hydrogen-bond acceptors (Lipinski definition) is 2. The van der Waals surface area contributed by atoms with Gasteiger partial charge in [0.05, 0.1) is 24.1 Å². The van der Waals surface area contributed by atoms with Crippen molar-refractivity contribution in [3.8, 4) is 0 Å². The fourth-order valence-corrected chi connectivity index (χ4v) is 3.38. The standard InChI is InChI=1S/C19H17Cl2N3O/c20-14-8-7-13(15(21)9-14)11-24-17-4-2-1-3-16(17)23-18(24)10-22-19(25)12-5-6-12/h1-4,7-9,12H,5-6,10-11H2,(H,22,25). The molecule has 3 aromatic rings. The predicted molar refractivity (Wildman–Crippen MR) is 99.9 cm³/mol. The average molecular weight is 374 g/mol. The normalized spacial score (nSPS) is 14.0. The van der Waals surface area contributed by atoms with Crippen LogP contribution in [0.2, 0.25) is 10.0 Å². The fourth-order valence-electron chi connectivity index (χ4n) is 2.91. The molecule has 25 heavy (non-hydrogen) atoms. The Bertz CT molecular complexity index is 947. The second-order valence-corrected chi connectivity index (χ2v) is 7.17. The average Bonchev–Trinajstić information content (AvgIpc) is 3.39. The van der Waals surface area contributed by atoms with E-state index < -0.39 is 0 Å². The summed E-state index contributed by atoms with van der Waals surface area (Å²) in [4.78, 5) is 16.7. The molecule has 0 atom stereocenters. The lowest BCUT2D eigenvalue weighted by Crippen LogP contribution is -2.26. The first kappa shape index (κ1) is 16.4. The summed E-state index contributed by atoms with van der Waals surface area (Å²) in [6.07, 6.45) is 1.98. The van der Waals surface area contributed by atoms with Crippen molar-refractivity contribution in [3.63, 3.8) is 0 Å². The molecule has 4 rings (SSSR count). The quantitative estimate of drug-likeness (QED) is 0.719. The van der Waals surface area contributed by atoms with Crippen molar-refractivity contribution in [1.82, 2.24) is 14.9 Å². The molecule has 1 N–H and O–H groups in total. The third-order valence-electron chi connectivity index (χ3n) is 4.45. The van der Waals surface area contributed by atoms with E-state index in [0.717, 1.165) is 35.3 Å². The van der Waals surface area contributed by atoms with E-state index in [9.17, 15) is 4.79 Å². The third kappa shape index (κ3) is 3.51. The molecule has 4 nitrogen and oxygen atoms in total. The second-order valence-electron chi connectivity index (χ2n) is 6.33. The molecule has 1 heterocycles. The van der Waals surface area contributed by atoms with Crippen LogP contribution in [0, 0.1) is 5.92 Å². The first-order valence-corrected chi connectivity index (χ1v) is 9.03. The van der Waals surface area contributed by atoms with Gasteiger partial charge < -0.3 is 9.88 Å². The van der Waals surface area contributed by atoms with Crippen molar-refractivity contribution in [1.29, 1.82) is 0 Å². The van der Waals surface area contributed by atoms with Crippen molar-refractivity contribution in [2.45, 2.75) is 25.9 Å². The highest BCUT2D eigenvalue weighted by Crippen LogP contribution is 2.29. The Morgan fingerprint density at radius 2 is 2.00 bits per heavy atom. The summed E-state index contributed by atoms with van der Waals surface area (Å²) in [6, 6.07) is 13.4. The van der Waals surface area contributed by atoms with Crippen molar-refractivity contribution in [3.05, 3.63) is 63.9 Å². The van der Waals surface area contributed by atoms with E-state index in [1.165, 1.54) is 0 Å². The highest BCUT2D eigenvalue weighted by molar-refractivity contribution is 6.35. The first-order chi connectivity index (χ1) is 12.1. The molecule has 0 spiro atoms. The number of nitrogens with zero attached hydrogens (tertiary/aromatic N) is 2. The molecular formula is C19H17Cl2N3O. The van der Waals surface area contributed by atoms with Gasteiger partial charge in [0, 0.05) is 16.0 Å². The Morgan fingerprint density at radius 1 is 1.20 bits per heavy atom. The maximum Gasteiger partial charge on any atom is 0.223 e. The number of fused-ring (bicyclic) bond motifs is 1. The first-order valence-electron chi connectivity index (χ1n) is 8.27. The lowest BCUT2D eigenvalue weighted by Gasteiger charge is -2.12. The molecule has 0 saturated heterocycles. The van der Waals surface area contributed by atoms with Gasteiger partial charge in [0.2, 0.25) is 5.91 Å². The fraction of sp³-hybridized carbons (Fsp3) is 0.263. The molecule has 0 aliphatic heterocycles. The zero-order valence-electron chi connectivity index (χ0n) is 13.5. The summed E-state index contributed by atoms with van der Waals surface area (Å²) in [6.45, 7) is 0.986. The summed E-state index contributed by atoms with van der Waals surface area (Å²) in [7, 11) is 0. The molecule has 1 fully saturated rings. The van der Waals surface area contributed by atoms with E-state index >= 15 is 0 Å². The summed E-state index contributed by atoms with van der Waals surface area (Å²) in [5.41, 5.74) is 2.89. The van der Waals surface area contributed by atoms with Gasteiger partial charge in [-0.1, -0.05) is 41.4 Å². The van der Waals surface area contributed by atoms with Gasteiger partial charge in [-0.15, -0.1) is 0 Å². The van der Waals surface area contributed by atoms with E-state index in [0.29, 0.717) is 23.1 Å². The Labute approximate surface area is 155 Å². The number of halogens is 2. The molecule has 1 aromatic heterocycles. The number of hydrogen-bond donors (Lipinski definition) is 1. The van der Waals surface area contributed by atoms with Crippen LogP contribution in [-0.2, 0) is 17.9 Å². The largest absolute Gasteiger partial charge is 0.349 e. The van der Waals surface area contributed by atoms with Gasteiger partial charge in [-0.25, -0.2) is 4.98 Å². The lowest BCUT2D eigenvalue weighted by atomic mass is 10.2. The van der Waals surface area contributed by atoms with Crippen LogP contribution in [0.3, 0.4) is 0 Å². The second kappa shape index (κ2) is 6.70. The lowest BCUT2D eigenvalue weighted by molar-refractivity contribution is -0.122. The molecule has 1 aliphatic rings. The minimum atomic E-state index is 0.114. The number of carbonyl (C=O) groups excluding carboxylic acids is 1. The SMILES string of the molecule is O=C(NCc1nc2ccccc2n1Cc1ccc(Cl)cc1Cl)C1CC1. The number of rotatable bonds is 5. The molecule has 2 aromatic carbocycles. The maximum absolute atomic E-state index is 12.0. The number of benzene rings is 2. The van der Waals surface area contributed by atoms with Crippen LogP contribution in [0.4, 0.5) is 0 Å². The Morgan fingerprint density at radius 3 is 2.76 bits per heavy atom. The molecule has 1 amide bonds. The highest BCUT2D eigenvalue weighted by atomic mass is 35.5. The van der Waals surface area contributed by atoms with Crippen LogP contribution in [0.5, 0.6) is 0 Å². The molecule has 0 unspecified atom stereocenters. The molecule has 0 bridgehead atoms. The van der Waals surface area contributed by atoms with E-state index in [4.69, 9.17) is 23.2 Å². The van der Waals surface area contributed by atoms with Crippen LogP contribution >= 0.6 is 23.2 Å². The van der Waals surface area contributed by atoms with Crippen molar-refractivity contribution >= 4 is 40.1 Å². The highest BCUT2D eigenvalue weighted by Gasteiger charge is 2.29. The number of para-hydroxylation sites is 2. The molecular weight excluding hydrogens is 357 g/mol. The van der Waals surface area contributed by atoms with Crippen LogP contribution in [-0.4, -0.2) is 15.5 Å². The van der Waals surface area contributed by atoms with Gasteiger partial charge >= 0.3 is 0 Å². The van der Waals surface area contributed by atoms with Gasteiger partial charge in [0.15, 0.2) is 0 Å². The third-order valence-corrected chi connectivity index (χ3v) is 5.03. The van der Waals surface area contributed by atoms with Gasteiger partial charge in [-0.2, -0.15) is 0 Å². The topological polar surface area (TPSA) is 46.9 Å². The molecule has 0 radical (unpaired) electrons. The minimum absolute atomic E-state index is 0.114. The van der Waals surface area contributed by atoms with Crippen LogP contribution in [0.15, 0.2) is 42.5 Å². The number of nitrogens with one attached hydrogen (secondary N) is 1. The van der Waals surface area contributed by atoms with E-state index in [1.807, 2.05) is 36.4 Å². The summed E-state index contributed by atoms with van der Waals surface area (Å²) in [5.74, 6) is 1.12. The number of aromatic nitrogens is 2. The van der Waals surface area contributed by atoms with Gasteiger partial charge in [-0.3, -0.25) is 4.79 Å². The minimum Gasteiger partial charge on any atom is -0.349 e. The molecule has 1 saturated carbocycles. The zero-order chi connectivity index (χ0) is 17.4. The number of carbonyl (C=O) groups is 1. The molecule has 128 valence electrons. The van der Waals surface area contributed by atoms with Crippen LogP contribution in [0.1, 0.15) is 24.2 Å². The summed E-state index contributed by atoms with van der Waals surface area (Å²) < 4.78 is 2.09. The van der Waals surface area contributed by atoms with E-state index in [2.05, 4.69) is 14.9 Å². The number of imidazole rings is 1. The van der Waals surface area contributed by atoms with Crippen molar-refractivity contribution in [2.75, 3.05) is 0 Å². The van der Waals surface area contributed by atoms with Crippen molar-refractivity contribution in [2.24, 2.45) is 5.92 Å². The van der Waals surface area contributed by atoms with Crippen LogP contribution < -0.4 is 5.32 Å². The maximum atomic E-state index is 12.0. The van der Waals surface area contributed by atoms with Gasteiger partial charge in [0.1, 0.15) is 5.82 Å². The zero-order valence-corrected chi connectivity index (χ0v) is 15.0.